The van der Waals surface area contributed by atoms with E-state index in [-0.39, 0.29) is 17.7 Å². The van der Waals surface area contributed by atoms with E-state index in [2.05, 4.69) is 9.80 Å². The highest BCUT2D eigenvalue weighted by atomic mass is 19.1. The molecule has 3 aliphatic heterocycles. The lowest BCUT2D eigenvalue weighted by Crippen LogP contribution is -2.47. The molecule has 3 aromatic rings. The molecule has 40 heavy (non-hydrogen) atoms. The maximum absolute atomic E-state index is 13.7. The Hall–Kier alpha value is -4.10. The van der Waals surface area contributed by atoms with Crippen molar-refractivity contribution >= 4 is 29.0 Å². The lowest BCUT2D eigenvalue weighted by molar-refractivity contribution is -0.115. The maximum Gasteiger partial charge on any atom is 0.300 e. The topological polar surface area (TPSA) is 43.9 Å². The smallest absolute Gasteiger partial charge is 0.300 e. The van der Waals surface area contributed by atoms with Crippen LogP contribution in [0.1, 0.15) is 59.4 Å². The van der Waals surface area contributed by atoms with Crippen molar-refractivity contribution in [2.24, 2.45) is 0 Å². The molecule has 3 aromatic carbocycles. The number of ketones is 1. The van der Waals surface area contributed by atoms with E-state index >= 15 is 0 Å². The van der Waals surface area contributed by atoms with Crippen molar-refractivity contribution in [3.8, 4) is 0 Å². The van der Waals surface area contributed by atoms with Crippen molar-refractivity contribution in [2.45, 2.75) is 32.4 Å². The molecule has 7 heteroatoms. The molecule has 1 fully saturated rings. The standard InChI is InChI=1S/C33H31F2N3O2/c1-21-20-33(2,3)38-30-27(21)13-8-22(28(30)31(39)32(38)40)14-15-36-16-18-37(19-17-36)29(23-4-9-25(34)10-5-23)24-6-11-26(35)12-7-24/h4-15,20,29H,16-19H2,1-3H3/b15-14+. The number of amides is 1. The van der Waals surface area contributed by atoms with Gasteiger partial charge in [0.05, 0.1) is 22.8 Å². The predicted octanol–water partition coefficient (Wildman–Crippen LogP) is 6.07. The van der Waals surface area contributed by atoms with Crippen molar-refractivity contribution in [3.63, 3.8) is 0 Å². The van der Waals surface area contributed by atoms with Crippen molar-refractivity contribution in [2.75, 3.05) is 31.1 Å². The van der Waals surface area contributed by atoms with E-state index in [4.69, 9.17) is 0 Å². The van der Waals surface area contributed by atoms with Crippen LogP contribution in [0.25, 0.3) is 11.6 Å². The Labute approximate surface area is 233 Å². The third-order valence-electron chi connectivity index (χ3n) is 8.18. The highest BCUT2D eigenvalue weighted by Crippen LogP contribution is 2.46. The number of benzene rings is 3. The van der Waals surface area contributed by atoms with Gasteiger partial charge in [-0.05, 0) is 79.6 Å². The number of hydrogen-bond donors (Lipinski definition) is 0. The first-order valence-electron chi connectivity index (χ1n) is 13.6. The van der Waals surface area contributed by atoms with E-state index in [0.717, 1.165) is 54.0 Å². The van der Waals surface area contributed by atoms with Gasteiger partial charge in [0.15, 0.2) is 0 Å². The normalized spacial score (nSPS) is 18.6. The Morgan fingerprint density at radius 3 is 1.98 bits per heavy atom. The van der Waals surface area contributed by atoms with Gasteiger partial charge in [-0.25, -0.2) is 8.78 Å². The van der Waals surface area contributed by atoms with E-state index in [1.54, 1.807) is 29.2 Å². The van der Waals surface area contributed by atoms with Crippen molar-refractivity contribution in [3.05, 3.63) is 112 Å². The SMILES string of the molecule is CC1=CC(C)(C)N2C(=O)C(=O)c3c(/C=C/N4CCN(C(c5ccc(F)cc5)c5ccc(F)cc5)CC4)ccc1c32. The van der Waals surface area contributed by atoms with Gasteiger partial charge in [0.25, 0.3) is 11.7 Å². The summed E-state index contributed by atoms with van der Waals surface area (Å²) in [5, 5.41) is 0. The second-order valence-electron chi connectivity index (χ2n) is 11.3. The highest BCUT2D eigenvalue weighted by molar-refractivity contribution is 6.53. The lowest BCUT2D eigenvalue weighted by Gasteiger charge is -2.39. The van der Waals surface area contributed by atoms with E-state index < -0.39 is 17.2 Å². The van der Waals surface area contributed by atoms with Gasteiger partial charge in [-0.2, -0.15) is 0 Å². The Morgan fingerprint density at radius 1 is 0.825 bits per heavy atom. The fraction of sp³-hybridized carbons (Fsp3) is 0.273. The first-order valence-corrected chi connectivity index (χ1v) is 13.6. The number of carbonyl (C=O) groups is 2. The van der Waals surface area contributed by atoms with Crippen LogP contribution in [-0.2, 0) is 4.79 Å². The monoisotopic (exact) mass is 539 g/mol. The number of carbonyl (C=O) groups excluding carboxylic acids is 2. The number of Topliss-reactive ketones (excluding diaryl/α,β-unsaturated/α-hetero) is 1. The van der Waals surface area contributed by atoms with Gasteiger partial charge in [0.1, 0.15) is 11.6 Å². The van der Waals surface area contributed by atoms with Crippen LogP contribution < -0.4 is 4.90 Å². The summed E-state index contributed by atoms with van der Waals surface area (Å²) in [4.78, 5) is 32.3. The van der Waals surface area contributed by atoms with Gasteiger partial charge >= 0.3 is 0 Å². The fourth-order valence-corrected chi connectivity index (χ4v) is 6.30. The van der Waals surface area contributed by atoms with E-state index in [1.165, 1.54) is 24.3 Å². The first-order chi connectivity index (χ1) is 19.1. The number of halogens is 2. The van der Waals surface area contributed by atoms with Crippen LogP contribution in [0.15, 0.2) is 72.9 Å². The molecule has 3 aliphatic rings. The molecule has 5 nitrogen and oxygen atoms in total. The number of hydrogen-bond acceptors (Lipinski definition) is 4. The molecule has 1 saturated heterocycles. The summed E-state index contributed by atoms with van der Waals surface area (Å²) in [7, 11) is 0. The largest absolute Gasteiger partial charge is 0.375 e. The molecule has 0 aromatic heterocycles. The zero-order chi connectivity index (χ0) is 28.2. The Bertz CT molecular complexity index is 1500. The van der Waals surface area contributed by atoms with Crippen LogP contribution in [-0.4, -0.2) is 53.2 Å². The summed E-state index contributed by atoms with van der Waals surface area (Å²) < 4.78 is 27.3. The summed E-state index contributed by atoms with van der Waals surface area (Å²) in [6.07, 6.45) is 5.96. The zero-order valence-electron chi connectivity index (χ0n) is 22.8. The minimum absolute atomic E-state index is 0.122. The maximum atomic E-state index is 13.7. The molecule has 0 bridgehead atoms. The van der Waals surface area contributed by atoms with Gasteiger partial charge in [0.2, 0.25) is 0 Å². The molecule has 0 radical (unpaired) electrons. The third-order valence-corrected chi connectivity index (χ3v) is 8.18. The van der Waals surface area contributed by atoms with Crippen LogP contribution in [0.5, 0.6) is 0 Å². The average molecular weight is 540 g/mol. The Morgan fingerprint density at radius 2 is 1.40 bits per heavy atom. The molecule has 0 spiro atoms. The van der Waals surface area contributed by atoms with Crippen LogP contribution in [0.4, 0.5) is 14.5 Å². The lowest BCUT2D eigenvalue weighted by atomic mass is 9.88. The van der Waals surface area contributed by atoms with E-state index in [9.17, 15) is 18.4 Å². The number of rotatable bonds is 5. The summed E-state index contributed by atoms with van der Waals surface area (Å²) in [6, 6.07) is 16.8. The van der Waals surface area contributed by atoms with Gasteiger partial charge in [-0.15, -0.1) is 0 Å². The van der Waals surface area contributed by atoms with Crippen LogP contribution >= 0.6 is 0 Å². The molecular formula is C33H31F2N3O2. The summed E-state index contributed by atoms with van der Waals surface area (Å²) in [6.45, 7) is 8.88. The fourth-order valence-electron chi connectivity index (χ4n) is 6.30. The van der Waals surface area contributed by atoms with Crippen LogP contribution in [0.3, 0.4) is 0 Å². The number of allylic oxidation sites excluding steroid dienone is 1. The van der Waals surface area contributed by atoms with Gasteiger partial charge in [-0.3, -0.25) is 19.4 Å². The molecule has 1 amide bonds. The Balaban J connectivity index is 1.23. The van der Waals surface area contributed by atoms with Gasteiger partial charge < -0.3 is 4.90 Å². The zero-order valence-corrected chi connectivity index (χ0v) is 22.8. The molecule has 0 N–H and O–H groups in total. The van der Waals surface area contributed by atoms with E-state index in [1.807, 2.05) is 51.3 Å². The molecule has 0 saturated carbocycles. The predicted molar refractivity (Wildman–Crippen MR) is 153 cm³/mol. The van der Waals surface area contributed by atoms with Gasteiger partial charge in [0, 0.05) is 31.7 Å². The highest BCUT2D eigenvalue weighted by Gasteiger charge is 2.47. The summed E-state index contributed by atoms with van der Waals surface area (Å²) >= 11 is 0. The number of nitrogens with zero attached hydrogens (tertiary/aromatic N) is 3. The molecule has 3 heterocycles. The second kappa shape index (κ2) is 9.82. The molecule has 0 aliphatic carbocycles. The molecule has 0 unspecified atom stereocenters. The van der Waals surface area contributed by atoms with Crippen LogP contribution in [0.2, 0.25) is 0 Å². The third kappa shape index (κ3) is 4.44. The number of anilines is 1. The van der Waals surface area contributed by atoms with Crippen molar-refractivity contribution in [1.82, 2.24) is 9.80 Å². The Kier molecular flexibility index (Phi) is 6.42. The average Bonchev–Trinajstić information content (AvgIpc) is 3.21. The first kappa shape index (κ1) is 26.1. The van der Waals surface area contributed by atoms with Gasteiger partial charge in [-0.1, -0.05) is 42.5 Å². The van der Waals surface area contributed by atoms with Crippen molar-refractivity contribution in [1.29, 1.82) is 0 Å². The quantitative estimate of drug-likeness (QED) is 0.370. The second-order valence-corrected chi connectivity index (χ2v) is 11.3. The molecule has 0 atom stereocenters. The number of piperazine rings is 1. The van der Waals surface area contributed by atoms with E-state index in [0.29, 0.717) is 11.3 Å². The molecular weight excluding hydrogens is 508 g/mol. The summed E-state index contributed by atoms with van der Waals surface area (Å²) in [5.74, 6) is -1.52. The molecule has 204 valence electrons. The minimum Gasteiger partial charge on any atom is -0.375 e. The summed E-state index contributed by atoms with van der Waals surface area (Å²) in [5.41, 5.74) is 5.25. The molecule has 6 rings (SSSR count). The van der Waals surface area contributed by atoms with Crippen LogP contribution in [0, 0.1) is 11.6 Å². The van der Waals surface area contributed by atoms with Crippen molar-refractivity contribution < 1.29 is 18.4 Å². The minimum atomic E-state index is -0.570.